The smallest absolute Gasteiger partial charge is 0.251 e. The first-order valence-electron chi connectivity index (χ1n) is 6.47. The Morgan fingerprint density at radius 2 is 2.00 bits per heavy atom. The van der Waals surface area contributed by atoms with Crippen LogP contribution >= 0.6 is 15.9 Å². The van der Waals surface area contributed by atoms with Gasteiger partial charge < -0.3 is 10.4 Å². The maximum absolute atomic E-state index is 12.3. The molecule has 0 spiro atoms. The number of nitrogens with one attached hydrogen (secondary N) is 1. The second kappa shape index (κ2) is 5.38. The van der Waals surface area contributed by atoms with E-state index in [2.05, 4.69) is 21.2 Å². The van der Waals surface area contributed by atoms with E-state index >= 15 is 0 Å². The van der Waals surface area contributed by atoms with Crippen LogP contribution in [0.2, 0.25) is 0 Å². The van der Waals surface area contributed by atoms with Gasteiger partial charge in [0, 0.05) is 16.5 Å². The minimum absolute atomic E-state index is 0.174. The molecule has 1 aliphatic rings. The van der Waals surface area contributed by atoms with Crippen molar-refractivity contribution in [3.8, 4) is 0 Å². The molecule has 1 amide bonds. The molecule has 2 atom stereocenters. The number of carbonyl (C=O) groups is 1. The van der Waals surface area contributed by atoms with E-state index in [-0.39, 0.29) is 11.9 Å². The lowest BCUT2D eigenvalue weighted by atomic mass is 10.1. The maximum Gasteiger partial charge on any atom is 0.251 e. The first-order valence-corrected chi connectivity index (χ1v) is 7.27. The van der Waals surface area contributed by atoms with Gasteiger partial charge in [-0.25, -0.2) is 0 Å². The molecule has 0 heterocycles. The number of rotatable bonds is 2. The zero-order valence-corrected chi connectivity index (χ0v) is 12.3. The minimum Gasteiger partial charge on any atom is -0.390 e. The van der Waals surface area contributed by atoms with Crippen molar-refractivity contribution in [1.29, 1.82) is 0 Å². The molecular weight excluding hydrogens is 318 g/mol. The van der Waals surface area contributed by atoms with Gasteiger partial charge in [-0.2, -0.15) is 0 Å². The zero-order valence-electron chi connectivity index (χ0n) is 10.7. The third-order valence-electron chi connectivity index (χ3n) is 3.58. The Hall–Kier alpha value is -1.65. The van der Waals surface area contributed by atoms with Crippen LogP contribution in [0.4, 0.5) is 0 Å². The molecule has 4 heteroatoms. The van der Waals surface area contributed by atoms with E-state index in [4.69, 9.17) is 0 Å². The number of aliphatic hydroxyl groups is 1. The van der Waals surface area contributed by atoms with Crippen molar-refractivity contribution in [2.45, 2.75) is 18.6 Å². The molecule has 3 rings (SSSR count). The summed E-state index contributed by atoms with van der Waals surface area (Å²) >= 11 is 3.35. The van der Waals surface area contributed by atoms with Crippen molar-refractivity contribution in [2.75, 3.05) is 0 Å². The van der Waals surface area contributed by atoms with Crippen molar-refractivity contribution in [2.24, 2.45) is 0 Å². The van der Waals surface area contributed by atoms with Gasteiger partial charge in [-0.3, -0.25) is 4.79 Å². The van der Waals surface area contributed by atoms with E-state index < -0.39 is 6.10 Å². The first kappa shape index (κ1) is 13.3. The van der Waals surface area contributed by atoms with Crippen LogP contribution in [0.3, 0.4) is 0 Å². The second-order valence-corrected chi connectivity index (χ2v) is 5.85. The van der Waals surface area contributed by atoms with Gasteiger partial charge in [0.25, 0.3) is 5.91 Å². The molecule has 2 unspecified atom stereocenters. The predicted octanol–water partition coefficient (Wildman–Crippen LogP) is 2.84. The summed E-state index contributed by atoms with van der Waals surface area (Å²) in [5.41, 5.74) is 2.68. The summed E-state index contributed by atoms with van der Waals surface area (Å²) < 4.78 is 0.859. The van der Waals surface area contributed by atoms with E-state index in [1.54, 1.807) is 12.1 Å². The molecule has 1 aliphatic carbocycles. The Kier molecular flexibility index (Phi) is 3.59. The lowest BCUT2D eigenvalue weighted by Crippen LogP contribution is -2.33. The van der Waals surface area contributed by atoms with E-state index in [1.807, 2.05) is 36.4 Å². The van der Waals surface area contributed by atoms with Crippen molar-refractivity contribution >= 4 is 21.8 Å². The number of fused-ring (bicyclic) bond motifs is 1. The highest BCUT2D eigenvalue weighted by Gasteiger charge is 2.31. The summed E-state index contributed by atoms with van der Waals surface area (Å²) in [4.78, 5) is 12.3. The summed E-state index contributed by atoms with van der Waals surface area (Å²) in [7, 11) is 0. The van der Waals surface area contributed by atoms with Crippen molar-refractivity contribution < 1.29 is 9.90 Å². The van der Waals surface area contributed by atoms with Gasteiger partial charge in [0.05, 0.1) is 12.1 Å². The summed E-state index contributed by atoms with van der Waals surface area (Å²) in [5.74, 6) is -0.174. The lowest BCUT2D eigenvalue weighted by molar-refractivity contribution is 0.0858. The van der Waals surface area contributed by atoms with Gasteiger partial charge in [-0.15, -0.1) is 0 Å². The largest absolute Gasteiger partial charge is 0.390 e. The fourth-order valence-electron chi connectivity index (χ4n) is 2.60. The molecule has 2 N–H and O–H groups in total. The summed E-state index contributed by atoms with van der Waals surface area (Å²) in [6.45, 7) is 0. The third kappa shape index (κ3) is 2.49. The van der Waals surface area contributed by atoms with E-state index in [0.717, 1.165) is 15.6 Å². The van der Waals surface area contributed by atoms with Gasteiger partial charge in [0.1, 0.15) is 0 Å². The molecular formula is C16H14BrNO2. The minimum atomic E-state index is -0.566. The normalized spacial score (nSPS) is 20.5. The first-order chi connectivity index (χ1) is 9.65. The fourth-order valence-corrected chi connectivity index (χ4v) is 3.00. The molecule has 2 aromatic rings. The van der Waals surface area contributed by atoms with Crippen LogP contribution in [0.25, 0.3) is 0 Å². The Morgan fingerprint density at radius 3 is 2.80 bits per heavy atom. The van der Waals surface area contributed by atoms with Crippen LogP contribution in [0.5, 0.6) is 0 Å². The molecule has 0 radical (unpaired) electrons. The Bertz CT molecular complexity index is 656. The quantitative estimate of drug-likeness (QED) is 0.888. The van der Waals surface area contributed by atoms with Crippen LogP contribution < -0.4 is 5.32 Å². The molecule has 0 aromatic heterocycles. The number of hydrogen-bond acceptors (Lipinski definition) is 2. The topological polar surface area (TPSA) is 49.3 Å². The second-order valence-electron chi connectivity index (χ2n) is 4.93. The standard InChI is InChI=1S/C16H14BrNO2/c17-12-6-3-5-11(8-12)16(20)18-15-13-7-2-1-4-10(13)9-14(15)19/h1-8,14-15,19H,9H2,(H,18,20). The molecule has 0 fully saturated rings. The van der Waals surface area contributed by atoms with Crippen LogP contribution in [0.1, 0.15) is 27.5 Å². The number of carbonyl (C=O) groups excluding carboxylic acids is 1. The fraction of sp³-hybridized carbons (Fsp3) is 0.188. The molecule has 0 saturated heterocycles. The van der Waals surface area contributed by atoms with Gasteiger partial charge in [0.2, 0.25) is 0 Å². The Labute approximate surface area is 125 Å². The average molecular weight is 332 g/mol. The maximum atomic E-state index is 12.3. The van der Waals surface area contributed by atoms with E-state index in [9.17, 15) is 9.90 Å². The lowest BCUT2D eigenvalue weighted by Gasteiger charge is -2.18. The molecule has 0 aliphatic heterocycles. The summed E-state index contributed by atoms with van der Waals surface area (Å²) in [6, 6.07) is 14.7. The van der Waals surface area contributed by atoms with Gasteiger partial charge >= 0.3 is 0 Å². The number of halogens is 1. The van der Waals surface area contributed by atoms with Crippen LogP contribution in [-0.4, -0.2) is 17.1 Å². The van der Waals surface area contributed by atoms with Gasteiger partial charge in [-0.1, -0.05) is 46.3 Å². The highest BCUT2D eigenvalue weighted by molar-refractivity contribution is 9.10. The van der Waals surface area contributed by atoms with Crippen molar-refractivity contribution in [3.05, 3.63) is 69.7 Å². The zero-order chi connectivity index (χ0) is 14.1. The summed E-state index contributed by atoms with van der Waals surface area (Å²) in [6.07, 6.45) is 0.0167. The van der Waals surface area contributed by atoms with Crippen LogP contribution in [0, 0.1) is 0 Å². The Morgan fingerprint density at radius 1 is 1.20 bits per heavy atom. The number of hydrogen-bond donors (Lipinski definition) is 2. The monoisotopic (exact) mass is 331 g/mol. The molecule has 2 aromatic carbocycles. The highest BCUT2D eigenvalue weighted by atomic mass is 79.9. The highest BCUT2D eigenvalue weighted by Crippen LogP contribution is 2.31. The van der Waals surface area contributed by atoms with E-state index in [0.29, 0.717) is 12.0 Å². The van der Waals surface area contributed by atoms with Crippen molar-refractivity contribution in [1.82, 2.24) is 5.32 Å². The number of benzene rings is 2. The molecule has 0 saturated carbocycles. The van der Waals surface area contributed by atoms with Crippen LogP contribution in [0.15, 0.2) is 53.0 Å². The predicted molar refractivity (Wildman–Crippen MR) is 80.5 cm³/mol. The number of amides is 1. The molecule has 102 valence electrons. The van der Waals surface area contributed by atoms with E-state index in [1.165, 1.54) is 0 Å². The van der Waals surface area contributed by atoms with Crippen LogP contribution in [-0.2, 0) is 6.42 Å². The van der Waals surface area contributed by atoms with Crippen molar-refractivity contribution in [3.63, 3.8) is 0 Å². The summed E-state index contributed by atoms with van der Waals surface area (Å²) in [5, 5.41) is 13.1. The number of aliphatic hydroxyl groups excluding tert-OH is 1. The SMILES string of the molecule is O=C(NC1c2ccccc2CC1O)c1cccc(Br)c1. The van der Waals surface area contributed by atoms with Gasteiger partial charge in [0.15, 0.2) is 0 Å². The average Bonchev–Trinajstić information content (AvgIpc) is 2.75. The third-order valence-corrected chi connectivity index (χ3v) is 4.07. The molecule has 20 heavy (non-hydrogen) atoms. The molecule has 0 bridgehead atoms. The van der Waals surface area contributed by atoms with Gasteiger partial charge in [-0.05, 0) is 29.3 Å². The molecule has 3 nitrogen and oxygen atoms in total. The Balaban J connectivity index is 1.83.